The second-order valence-electron chi connectivity index (χ2n) is 7.23. The van der Waals surface area contributed by atoms with Crippen molar-refractivity contribution in [3.63, 3.8) is 0 Å². The Kier molecular flexibility index (Phi) is 5.22. The first-order valence-electron chi connectivity index (χ1n) is 9.57. The molecule has 3 aromatic rings. The first-order valence-corrected chi connectivity index (χ1v) is 11.1. The van der Waals surface area contributed by atoms with Crippen LogP contribution in [0.15, 0.2) is 83.8 Å². The van der Waals surface area contributed by atoms with Gasteiger partial charge in [-0.15, -0.1) is 0 Å². The van der Waals surface area contributed by atoms with Crippen molar-refractivity contribution >= 4 is 27.3 Å². The van der Waals surface area contributed by atoms with E-state index in [4.69, 9.17) is 4.74 Å². The molecule has 0 atom stereocenters. The Hall–Kier alpha value is -3.32. The highest BCUT2D eigenvalue weighted by molar-refractivity contribution is 7.92. The number of sulfonamides is 1. The molecule has 0 heterocycles. The lowest BCUT2D eigenvalue weighted by atomic mass is 9.95. The molecule has 4 rings (SSSR count). The van der Waals surface area contributed by atoms with Crippen molar-refractivity contribution in [1.82, 2.24) is 0 Å². The van der Waals surface area contributed by atoms with Crippen LogP contribution in [0.2, 0.25) is 0 Å². The van der Waals surface area contributed by atoms with Gasteiger partial charge in [-0.1, -0.05) is 42.5 Å². The molecule has 7 heteroatoms. The molecule has 0 unspecified atom stereocenters. The van der Waals surface area contributed by atoms with E-state index in [-0.39, 0.29) is 10.8 Å². The molecule has 30 heavy (non-hydrogen) atoms. The van der Waals surface area contributed by atoms with E-state index in [1.807, 2.05) is 30.3 Å². The van der Waals surface area contributed by atoms with Gasteiger partial charge in [0.05, 0.1) is 23.1 Å². The number of carbonyl (C=O) groups excluding carboxylic acids is 1. The topological polar surface area (TPSA) is 84.5 Å². The van der Waals surface area contributed by atoms with Gasteiger partial charge in [0, 0.05) is 5.69 Å². The molecule has 1 aliphatic rings. The van der Waals surface area contributed by atoms with Gasteiger partial charge in [-0.25, -0.2) is 8.42 Å². The molecule has 3 aromatic carbocycles. The Bertz CT molecular complexity index is 1160. The van der Waals surface area contributed by atoms with Crippen LogP contribution in [-0.4, -0.2) is 21.4 Å². The van der Waals surface area contributed by atoms with Crippen LogP contribution in [0.3, 0.4) is 0 Å². The predicted octanol–water partition coefficient (Wildman–Crippen LogP) is 4.17. The summed E-state index contributed by atoms with van der Waals surface area (Å²) in [5, 5.41) is 2.92. The number of hydrogen-bond donors (Lipinski definition) is 2. The summed E-state index contributed by atoms with van der Waals surface area (Å²) in [5.41, 5.74) is 1.43. The quantitative estimate of drug-likeness (QED) is 0.599. The number of hydrogen-bond acceptors (Lipinski definition) is 4. The normalized spacial score (nSPS) is 14.6. The first-order chi connectivity index (χ1) is 14.4. The third-order valence-corrected chi connectivity index (χ3v) is 6.67. The van der Waals surface area contributed by atoms with Crippen LogP contribution in [-0.2, 0) is 20.2 Å². The van der Waals surface area contributed by atoms with Crippen molar-refractivity contribution in [3.8, 4) is 5.75 Å². The zero-order valence-electron chi connectivity index (χ0n) is 16.5. The minimum Gasteiger partial charge on any atom is -0.495 e. The largest absolute Gasteiger partial charge is 0.495 e. The number of para-hydroxylation sites is 2. The van der Waals surface area contributed by atoms with Crippen LogP contribution in [0.5, 0.6) is 5.75 Å². The van der Waals surface area contributed by atoms with Crippen molar-refractivity contribution in [2.24, 2.45) is 0 Å². The number of anilines is 2. The summed E-state index contributed by atoms with van der Waals surface area (Å²) in [6, 6.07) is 22.6. The fraction of sp³-hybridized carbons (Fsp3) is 0.174. The van der Waals surface area contributed by atoms with E-state index >= 15 is 0 Å². The molecule has 0 spiro atoms. The highest BCUT2D eigenvalue weighted by atomic mass is 32.2. The Balaban J connectivity index is 1.48. The van der Waals surface area contributed by atoms with Gasteiger partial charge in [0.25, 0.3) is 10.0 Å². The summed E-state index contributed by atoms with van der Waals surface area (Å²) >= 11 is 0. The Labute approximate surface area is 176 Å². The number of rotatable bonds is 7. The van der Waals surface area contributed by atoms with Crippen LogP contribution in [0.4, 0.5) is 11.4 Å². The third-order valence-electron chi connectivity index (χ3n) is 5.28. The summed E-state index contributed by atoms with van der Waals surface area (Å²) in [6.45, 7) is 0. The molecule has 0 radical (unpaired) electrons. The summed E-state index contributed by atoms with van der Waals surface area (Å²) < 4.78 is 33.1. The summed E-state index contributed by atoms with van der Waals surface area (Å²) in [5.74, 6) is 0.358. The number of ether oxygens (including phenoxy) is 1. The van der Waals surface area contributed by atoms with Gasteiger partial charge < -0.3 is 10.1 Å². The maximum absolute atomic E-state index is 12.8. The Morgan fingerprint density at radius 1 is 0.900 bits per heavy atom. The summed E-state index contributed by atoms with van der Waals surface area (Å²) in [6.07, 6.45) is 1.61. The van der Waals surface area contributed by atoms with Gasteiger partial charge in [-0.2, -0.15) is 0 Å². The zero-order chi connectivity index (χ0) is 21.2. The van der Waals surface area contributed by atoms with E-state index in [2.05, 4.69) is 10.0 Å². The van der Waals surface area contributed by atoms with E-state index in [1.165, 1.54) is 19.2 Å². The van der Waals surface area contributed by atoms with Crippen LogP contribution < -0.4 is 14.8 Å². The van der Waals surface area contributed by atoms with Crippen molar-refractivity contribution < 1.29 is 17.9 Å². The average Bonchev–Trinajstić information content (AvgIpc) is 3.57. The van der Waals surface area contributed by atoms with E-state index in [9.17, 15) is 13.2 Å². The van der Waals surface area contributed by atoms with Gasteiger partial charge in [0.2, 0.25) is 5.91 Å². The van der Waals surface area contributed by atoms with E-state index < -0.39 is 15.4 Å². The molecular formula is C23H22N2O4S. The SMILES string of the molecule is COc1ccccc1NS(=O)(=O)c1ccc(NC(=O)C2(c3ccccc3)CC2)cc1. The van der Waals surface area contributed by atoms with E-state index in [0.29, 0.717) is 17.1 Å². The number of amides is 1. The van der Waals surface area contributed by atoms with Crippen molar-refractivity contribution in [3.05, 3.63) is 84.4 Å². The first kappa shape index (κ1) is 20.0. The predicted molar refractivity (Wildman–Crippen MR) is 116 cm³/mol. The molecule has 1 saturated carbocycles. The van der Waals surface area contributed by atoms with Gasteiger partial charge >= 0.3 is 0 Å². The minimum absolute atomic E-state index is 0.0727. The van der Waals surface area contributed by atoms with Crippen LogP contribution in [0, 0.1) is 0 Å². The molecule has 0 aliphatic heterocycles. The van der Waals surface area contributed by atoms with Gasteiger partial charge in [0.1, 0.15) is 5.75 Å². The molecule has 0 bridgehead atoms. The molecule has 1 amide bonds. The molecule has 0 aromatic heterocycles. The lowest BCUT2D eigenvalue weighted by molar-refractivity contribution is -0.118. The molecule has 1 fully saturated rings. The second-order valence-corrected chi connectivity index (χ2v) is 8.91. The van der Waals surface area contributed by atoms with Gasteiger partial charge in [0.15, 0.2) is 0 Å². The average molecular weight is 423 g/mol. The lowest BCUT2D eigenvalue weighted by Crippen LogP contribution is -2.27. The fourth-order valence-corrected chi connectivity index (χ4v) is 4.50. The maximum atomic E-state index is 12.8. The molecule has 1 aliphatic carbocycles. The molecule has 154 valence electrons. The fourth-order valence-electron chi connectivity index (χ4n) is 3.43. The number of nitrogens with one attached hydrogen (secondary N) is 2. The zero-order valence-corrected chi connectivity index (χ0v) is 17.3. The Morgan fingerprint density at radius 3 is 2.17 bits per heavy atom. The van der Waals surface area contributed by atoms with Crippen molar-refractivity contribution in [1.29, 1.82) is 0 Å². The molecule has 6 nitrogen and oxygen atoms in total. The summed E-state index contributed by atoms with van der Waals surface area (Å²) in [4.78, 5) is 12.9. The van der Waals surface area contributed by atoms with Gasteiger partial charge in [-0.3, -0.25) is 9.52 Å². The van der Waals surface area contributed by atoms with E-state index in [1.54, 1.807) is 36.4 Å². The van der Waals surface area contributed by atoms with Crippen LogP contribution in [0.1, 0.15) is 18.4 Å². The highest BCUT2D eigenvalue weighted by Crippen LogP contribution is 2.48. The maximum Gasteiger partial charge on any atom is 0.262 e. The van der Waals surface area contributed by atoms with Crippen LogP contribution in [0.25, 0.3) is 0 Å². The second kappa shape index (κ2) is 7.84. The Morgan fingerprint density at radius 2 is 1.53 bits per heavy atom. The number of carbonyl (C=O) groups is 1. The molecule has 0 saturated heterocycles. The molecule has 2 N–H and O–H groups in total. The van der Waals surface area contributed by atoms with Crippen molar-refractivity contribution in [2.45, 2.75) is 23.2 Å². The summed E-state index contributed by atoms with van der Waals surface area (Å²) in [7, 11) is -2.31. The highest BCUT2D eigenvalue weighted by Gasteiger charge is 2.51. The standard InChI is InChI=1S/C23H22N2O4S/c1-29-21-10-6-5-9-20(21)25-30(27,28)19-13-11-18(12-14-19)24-22(26)23(15-16-23)17-7-3-2-4-8-17/h2-14,25H,15-16H2,1H3,(H,24,26). The minimum atomic E-state index is -3.79. The van der Waals surface area contributed by atoms with Crippen molar-refractivity contribution in [2.75, 3.05) is 17.1 Å². The number of methoxy groups -OCH3 is 1. The van der Waals surface area contributed by atoms with E-state index in [0.717, 1.165) is 18.4 Å². The number of benzene rings is 3. The van der Waals surface area contributed by atoms with Crippen LogP contribution >= 0.6 is 0 Å². The van der Waals surface area contributed by atoms with Gasteiger partial charge in [-0.05, 0) is 54.8 Å². The lowest BCUT2D eigenvalue weighted by Gasteiger charge is -2.16. The molecular weight excluding hydrogens is 400 g/mol. The third kappa shape index (κ3) is 3.89. The smallest absolute Gasteiger partial charge is 0.262 e. The monoisotopic (exact) mass is 422 g/mol.